The van der Waals surface area contributed by atoms with Gasteiger partial charge in [0.1, 0.15) is 5.75 Å². The second-order valence-electron chi connectivity index (χ2n) is 5.01. The van der Waals surface area contributed by atoms with Gasteiger partial charge in [0.2, 0.25) is 5.75 Å². The summed E-state index contributed by atoms with van der Waals surface area (Å²) in [5.41, 5.74) is 3.66. The first-order valence-electron chi connectivity index (χ1n) is 7.51. The summed E-state index contributed by atoms with van der Waals surface area (Å²) in [6, 6.07) is 8.59. The van der Waals surface area contributed by atoms with Gasteiger partial charge in [-0.25, -0.2) is 5.43 Å². The number of hydrogen-bond donors (Lipinski definition) is 1. The molecule has 0 aromatic heterocycles. The molecule has 7 nitrogen and oxygen atoms in total. The lowest BCUT2D eigenvalue weighted by Gasteiger charge is -2.12. The Labute approximate surface area is 165 Å². The quantitative estimate of drug-likeness (QED) is 0.383. The van der Waals surface area contributed by atoms with Crippen molar-refractivity contribution in [2.24, 2.45) is 5.10 Å². The van der Waals surface area contributed by atoms with Crippen LogP contribution in [0.1, 0.15) is 15.9 Å². The minimum absolute atomic E-state index is 0.325. The van der Waals surface area contributed by atoms with Gasteiger partial charge in [-0.2, -0.15) is 5.10 Å². The van der Waals surface area contributed by atoms with E-state index in [4.69, 9.17) is 18.9 Å². The second kappa shape index (κ2) is 9.27. The lowest BCUT2D eigenvalue weighted by molar-refractivity contribution is 0.0955. The molecule has 0 heterocycles. The first-order chi connectivity index (χ1) is 12.5. The van der Waals surface area contributed by atoms with Gasteiger partial charge in [-0.05, 0) is 52.9 Å². The Morgan fingerprint density at radius 1 is 0.962 bits per heavy atom. The maximum absolute atomic E-state index is 12.2. The first kappa shape index (κ1) is 19.8. The average molecular weight is 470 g/mol. The van der Waals surface area contributed by atoms with E-state index in [-0.39, 0.29) is 5.91 Å². The van der Waals surface area contributed by atoms with E-state index in [0.29, 0.717) is 34.1 Å². The fourth-order valence-electron chi connectivity index (χ4n) is 2.21. The predicted molar refractivity (Wildman–Crippen MR) is 107 cm³/mol. The minimum atomic E-state index is -0.325. The smallest absolute Gasteiger partial charge is 0.271 e. The van der Waals surface area contributed by atoms with Crippen LogP contribution in [-0.4, -0.2) is 40.6 Å². The molecule has 0 radical (unpaired) electrons. The number of ether oxygens (including phenoxy) is 4. The average Bonchev–Trinajstić information content (AvgIpc) is 2.66. The summed E-state index contributed by atoms with van der Waals surface area (Å²) in [6.07, 6.45) is 1.50. The van der Waals surface area contributed by atoms with Crippen molar-refractivity contribution in [3.05, 3.63) is 45.0 Å². The van der Waals surface area contributed by atoms with E-state index in [9.17, 15) is 4.79 Å². The molecule has 8 heteroatoms. The Morgan fingerprint density at radius 3 is 2.08 bits per heavy atom. The number of nitrogens with zero attached hydrogens (tertiary/aromatic N) is 1. The van der Waals surface area contributed by atoms with Crippen LogP contribution < -0.4 is 24.4 Å². The second-order valence-corrected chi connectivity index (χ2v) is 6.17. The third-order valence-electron chi connectivity index (χ3n) is 3.48. The van der Waals surface area contributed by atoms with Crippen LogP contribution in [-0.2, 0) is 0 Å². The third kappa shape index (κ3) is 4.57. The van der Waals surface area contributed by atoms with Crippen molar-refractivity contribution >= 4 is 34.7 Å². The van der Waals surface area contributed by atoms with Crippen LogP contribution in [0.25, 0.3) is 0 Å². The van der Waals surface area contributed by atoms with Crippen LogP contribution >= 0.6 is 22.6 Å². The summed E-state index contributed by atoms with van der Waals surface area (Å²) in [7, 11) is 6.18. The zero-order chi connectivity index (χ0) is 19.1. The number of rotatable bonds is 7. The zero-order valence-corrected chi connectivity index (χ0v) is 17.0. The molecular weight excluding hydrogens is 451 g/mol. The number of hydrazone groups is 1. The Balaban J connectivity index is 2.15. The third-order valence-corrected chi connectivity index (χ3v) is 4.32. The molecule has 2 aromatic rings. The van der Waals surface area contributed by atoms with Crippen molar-refractivity contribution in [3.63, 3.8) is 0 Å². The molecule has 0 atom stereocenters. The number of amides is 1. The first-order valence-corrected chi connectivity index (χ1v) is 8.58. The summed E-state index contributed by atoms with van der Waals surface area (Å²) in [4.78, 5) is 12.2. The van der Waals surface area contributed by atoms with Crippen LogP contribution in [0.2, 0.25) is 0 Å². The van der Waals surface area contributed by atoms with E-state index in [1.165, 1.54) is 27.5 Å². The Morgan fingerprint density at radius 2 is 1.58 bits per heavy atom. The van der Waals surface area contributed by atoms with Gasteiger partial charge in [0.15, 0.2) is 11.5 Å². The molecule has 1 amide bonds. The van der Waals surface area contributed by atoms with E-state index in [2.05, 4.69) is 33.1 Å². The number of carbonyl (C=O) groups is 1. The number of halogens is 1. The Hall–Kier alpha value is -2.49. The van der Waals surface area contributed by atoms with Crippen molar-refractivity contribution in [3.8, 4) is 23.0 Å². The van der Waals surface area contributed by atoms with Crippen molar-refractivity contribution in [2.45, 2.75) is 0 Å². The van der Waals surface area contributed by atoms with E-state index < -0.39 is 0 Å². The molecule has 0 saturated heterocycles. The van der Waals surface area contributed by atoms with Gasteiger partial charge in [0.05, 0.1) is 38.2 Å². The SMILES string of the molecule is COc1ccc(C(=O)N/N=C/c2cc(OC)c(OC)c(OC)c2)cc1I. The van der Waals surface area contributed by atoms with Crippen molar-refractivity contribution in [2.75, 3.05) is 28.4 Å². The van der Waals surface area contributed by atoms with E-state index in [1.54, 1.807) is 37.4 Å². The number of hydrogen-bond acceptors (Lipinski definition) is 6. The Bertz CT molecular complexity index is 798. The fourth-order valence-corrected chi connectivity index (χ4v) is 2.95. The van der Waals surface area contributed by atoms with Gasteiger partial charge >= 0.3 is 0 Å². The lowest BCUT2D eigenvalue weighted by Crippen LogP contribution is -2.17. The maximum Gasteiger partial charge on any atom is 0.271 e. The summed E-state index contributed by atoms with van der Waals surface area (Å²) in [5, 5.41) is 3.99. The highest BCUT2D eigenvalue weighted by atomic mass is 127. The summed E-state index contributed by atoms with van der Waals surface area (Å²) >= 11 is 2.11. The van der Waals surface area contributed by atoms with E-state index >= 15 is 0 Å². The number of carbonyl (C=O) groups excluding carboxylic acids is 1. The lowest BCUT2D eigenvalue weighted by atomic mass is 10.2. The summed E-state index contributed by atoms with van der Waals surface area (Å²) in [5.74, 6) is 1.88. The molecule has 0 aliphatic carbocycles. The molecule has 0 saturated carbocycles. The highest BCUT2D eigenvalue weighted by molar-refractivity contribution is 14.1. The van der Waals surface area contributed by atoms with Crippen LogP contribution in [0.5, 0.6) is 23.0 Å². The Kier molecular flexibility index (Phi) is 7.07. The molecule has 2 aromatic carbocycles. The maximum atomic E-state index is 12.2. The van der Waals surface area contributed by atoms with Crippen LogP contribution in [0.3, 0.4) is 0 Å². The summed E-state index contributed by atoms with van der Waals surface area (Å²) in [6.45, 7) is 0. The van der Waals surface area contributed by atoms with Gasteiger partial charge < -0.3 is 18.9 Å². The molecule has 0 spiro atoms. The van der Waals surface area contributed by atoms with Crippen LogP contribution in [0.4, 0.5) is 0 Å². The summed E-state index contributed by atoms with van der Waals surface area (Å²) < 4.78 is 21.9. The van der Waals surface area contributed by atoms with Crippen molar-refractivity contribution < 1.29 is 23.7 Å². The molecule has 0 unspecified atom stereocenters. The molecule has 138 valence electrons. The molecule has 2 rings (SSSR count). The molecule has 0 aliphatic heterocycles. The normalized spacial score (nSPS) is 10.5. The number of nitrogens with one attached hydrogen (secondary N) is 1. The van der Waals surface area contributed by atoms with E-state index in [1.807, 2.05) is 0 Å². The number of benzene rings is 2. The molecular formula is C18H19IN2O5. The van der Waals surface area contributed by atoms with Crippen molar-refractivity contribution in [1.29, 1.82) is 0 Å². The highest BCUT2D eigenvalue weighted by Crippen LogP contribution is 2.37. The minimum Gasteiger partial charge on any atom is -0.496 e. The largest absolute Gasteiger partial charge is 0.496 e. The number of methoxy groups -OCH3 is 4. The molecule has 0 aliphatic rings. The van der Waals surface area contributed by atoms with Gasteiger partial charge in [0.25, 0.3) is 5.91 Å². The molecule has 1 N–H and O–H groups in total. The van der Waals surface area contributed by atoms with E-state index in [0.717, 1.165) is 3.57 Å². The monoisotopic (exact) mass is 470 g/mol. The molecule has 0 bridgehead atoms. The van der Waals surface area contributed by atoms with Crippen molar-refractivity contribution in [1.82, 2.24) is 5.43 Å². The molecule has 26 heavy (non-hydrogen) atoms. The van der Waals surface area contributed by atoms with Gasteiger partial charge in [0, 0.05) is 11.1 Å². The van der Waals surface area contributed by atoms with Gasteiger partial charge in [-0.1, -0.05) is 0 Å². The van der Waals surface area contributed by atoms with Gasteiger partial charge in [-0.3, -0.25) is 4.79 Å². The topological polar surface area (TPSA) is 78.4 Å². The molecule has 0 fully saturated rings. The standard InChI is InChI=1S/C18H19IN2O5/c1-23-14-6-5-12(9-13(14)19)18(22)21-20-10-11-7-15(24-2)17(26-4)16(8-11)25-3/h5-10H,1-4H3,(H,21,22)/b20-10+. The predicted octanol–water partition coefficient (Wildman–Crippen LogP) is 3.09. The zero-order valence-electron chi connectivity index (χ0n) is 14.8. The highest BCUT2D eigenvalue weighted by Gasteiger charge is 2.12. The fraction of sp³-hybridized carbons (Fsp3) is 0.222. The van der Waals surface area contributed by atoms with Crippen LogP contribution in [0, 0.1) is 3.57 Å². The van der Waals surface area contributed by atoms with Crippen LogP contribution in [0.15, 0.2) is 35.4 Å². The van der Waals surface area contributed by atoms with Gasteiger partial charge in [-0.15, -0.1) is 0 Å².